The summed E-state index contributed by atoms with van der Waals surface area (Å²) in [6.07, 6.45) is 7.46. The van der Waals surface area contributed by atoms with E-state index in [0.29, 0.717) is 23.5 Å². The molecular formula is C22H26O4. The third-order valence-electron chi connectivity index (χ3n) is 6.72. The standard InChI is InChI=1S/C22H26O4/c1-13(23)25-16-5-7-17-15(12-16)4-6-19-18(17)10-11-22(3)20(19)8-9-21(22)26-14(2)24/h5,7,9,12,18-20H,4,6,8,10-11H2,1-3H3/t18?,19?,20?,22-/m0/s1. The lowest BCUT2D eigenvalue weighted by molar-refractivity contribution is -0.139. The lowest BCUT2D eigenvalue weighted by Gasteiger charge is -2.49. The summed E-state index contributed by atoms with van der Waals surface area (Å²) in [5.74, 6) is 2.75. The third kappa shape index (κ3) is 2.76. The molecule has 0 bridgehead atoms. The van der Waals surface area contributed by atoms with Crippen molar-refractivity contribution in [1.29, 1.82) is 0 Å². The Morgan fingerprint density at radius 1 is 1.12 bits per heavy atom. The Labute approximate surface area is 154 Å². The van der Waals surface area contributed by atoms with E-state index in [2.05, 4.69) is 19.1 Å². The number of esters is 2. The Balaban J connectivity index is 1.59. The smallest absolute Gasteiger partial charge is 0.308 e. The van der Waals surface area contributed by atoms with Crippen molar-refractivity contribution in [2.75, 3.05) is 0 Å². The minimum Gasteiger partial charge on any atom is -0.431 e. The molecule has 0 amide bonds. The predicted molar refractivity (Wildman–Crippen MR) is 97.6 cm³/mol. The summed E-state index contributed by atoms with van der Waals surface area (Å²) >= 11 is 0. The van der Waals surface area contributed by atoms with Crippen molar-refractivity contribution in [2.45, 2.75) is 58.8 Å². The maximum absolute atomic E-state index is 11.5. The van der Waals surface area contributed by atoms with Crippen molar-refractivity contribution in [2.24, 2.45) is 17.3 Å². The molecule has 1 aromatic carbocycles. The zero-order chi connectivity index (χ0) is 18.5. The first-order valence-electron chi connectivity index (χ1n) is 9.59. The van der Waals surface area contributed by atoms with Crippen LogP contribution in [0, 0.1) is 17.3 Å². The Morgan fingerprint density at radius 3 is 2.62 bits per heavy atom. The molecule has 4 rings (SSSR count). The second kappa shape index (κ2) is 6.26. The SMILES string of the molecule is CC(=O)OC1=CCC2C3CCc4cc(OC(C)=O)ccc4C3CC[C@]12C. The maximum Gasteiger partial charge on any atom is 0.308 e. The maximum atomic E-state index is 11.5. The number of ether oxygens (including phenoxy) is 2. The van der Waals surface area contributed by atoms with E-state index in [0.717, 1.165) is 37.9 Å². The van der Waals surface area contributed by atoms with E-state index in [1.54, 1.807) is 0 Å². The van der Waals surface area contributed by atoms with Crippen LogP contribution in [-0.4, -0.2) is 11.9 Å². The molecule has 0 saturated heterocycles. The van der Waals surface area contributed by atoms with E-state index in [4.69, 9.17) is 9.47 Å². The number of carbonyl (C=O) groups excluding carboxylic acids is 2. The largest absolute Gasteiger partial charge is 0.431 e. The fraction of sp³-hybridized carbons (Fsp3) is 0.545. The van der Waals surface area contributed by atoms with Gasteiger partial charge in [-0.05, 0) is 79.2 Å². The minimum atomic E-state index is -0.276. The van der Waals surface area contributed by atoms with Crippen LogP contribution in [0.1, 0.15) is 63.5 Å². The molecule has 3 aliphatic rings. The van der Waals surface area contributed by atoms with Crippen molar-refractivity contribution in [3.05, 3.63) is 41.2 Å². The van der Waals surface area contributed by atoms with Gasteiger partial charge in [0.2, 0.25) is 0 Å². The molecule has 4 heteroatoms. The van der Waals surface area contributed by atoms with Crippen molar-refractivity contribution < 1.29 is 19.1 Å². The van der Waals surface area contributed by atoms with Crippen LogP contribution in [0.15, 0.2) is 30.0 Å². The number of fused-ring (bicyclic) bond motifs is 5. The second-order valence-corrected chi connectivity index (χ2v) is 8.22. The number of hydrogen-bond donors (Lipinski definition) is 0. The van der Waals surface area contributed by atoms with Crippen LogP contribution in [0.25, 0.3) is 0 Å². The highest BCUT2D eigenvalue weighted by Gasteiger charge is 2.53. The summed E-state index contributed by atoms with van der Waals surface area (Å²) < 4.78 is 10.8. The van der Waals surface area contributed by atoms with Gasteiger partial charge in [-0.25, -0.2) is 0 Å². The normalized spacial score (nSPS) is 32.0. The molecule has 0 spiro atoms. The van der Waals surface area contributed by atoms with E-state index < -0.39 is 0 Å². The average Bonchev–Trinajstić information content (AvgIpc) is 2.90. The van der Waals surface area contributed by atoms with Crippen LogP contribution in [0.5, 0.6) is 5.75 Å². The highest BCUT2D eigenvalue weighted by molar-refractivity contribution is 5.69. The summed E-state index contributed by atoms with van der Waals surface area (Å²) in [5, 5.41) is 0. The van der Waals surface area contributed by atoms with Crippen molar-refractivity contribution >= 4 is 11.9 Å². The van der Waals surface area contributed by atoms with Crippen LogP contribution in [0.4, 0.5) is 0 Å². The number of allylic oxidation sites excluding steroid dienone is 2. The van der Waals surface area contributed by atoms with Crippen molar-refractivity contribution in [1.82, 2.24) is 0 Å². The van der Waals surface area contributed by atoms with Gasteiger partial charge in [-0.2, -0.15) is 0 Å². The molecule has 4 nitrogen and oxygen atoms in total. The first-order valence-corrected chi connectivity index (χ1v) is 9.59. The van der Waals surface area contributed by atoms with Crippen LogP contribution in [-0.2, 0) is 20.7 Å². The van der Waals surface area contributed by atoms with Gasteiger partial charge in [0.25, 0.3) is 0 Å². The molecule has 0 heterocycles. The van der Waals surface area contributed by atoms with Crippen LogP contribution >= 0.6 is 0 Å². The predicted octanol–water partition coefficient (Wildman–Crippen LogP) is 4.52. The molecule has 26 heavy (non-hydrogen) atoms. The molecule has 1 fully saturated rings. The molecule has 138 valence electrons. The first-order chi connectivity index (χ1) is 12.4. The van der Waals surface area contributed by atoms with Gasteiger partial charge in [0.05, 0.1) is 0 Å². The molecular weight excluding hydrogens is 328 g/mol. The molecule has 1 saturated carbocycles. The molecule has 3 aliphatic carbocycles. The summed E-state index contributed by atoms with van der Waals surface area (Å²) in [6.45, 7) is 5.20. The summed E-state index contributed by atoms with van der Waals surface area (Å²) in [4.78, 5) is 22.7. The number of carbonyl (C=O) groups is 2. The van der Waals surface area contributed by atoms with Crippen LogP contribution in [0.3, 0.4) is 0 Å². The molecule has 0 radical (unpaired) electrons. The molecule has 0 aliphatic heterocycles. The number of rotatable bonds is 2. The Kier molecular flexibility index (Phi) is 4.17. The highest BCUT2D eigenvalue weighted by atomic mass is 16.5. The van der Waals surface area contributed by atoms with Gasteiger partial charge in [-0.3, -0.25) is 9.59 Å². The lowest BCUT2D eigenvalue weighted by atomic mass is 9.55. The summed E-state index contributed by atoms with van der Waals surface area (Å²) in [6, 6.07) is 6.12. The molecule has 0 aromatic heterocycles. The third-order valence-corrected chi connectivity index (χ3v) is 6.72. The highest BCUT2D eigenvalue weighted by Crippen LogP contribution is 2.61. The molecule has 0 N–H and O–H groups in total. The van der Waals surface area contributed by atoms with E-state index in [1.165, 1.54) is 25.0 Å². The Morgan fingerprint density at radius 2 is 1.88 bits per heavy atom. The van der Waals surface area contributed by atoms with Gasteiger partial charge in [-0.1, -0.05) is 13.0 Å². The van der Waals surface area contributed by atoms with E-state index in [1.807, 2.05) is 12.1 Å². The van der Waals surface area contributed by atoms with E-state index >= 15 is 0 Å². The summed E-state index contributed by atoms with van der Waals surface area (Å²) in [7, 11) is 0. The van der Waals surface area contributed by atoms with Gasteiger partial charge in [0.1, 0.15) is 11.5 Å². The second-order valence-electron chi connectivity index (χ2n) is 8.22. The topological polar surface area (TPSA) is 52.6 Å². The molecule has 3 unspecified atom stereocenters. The molecule has 1 aromatic rings. The van der Waals surface area contributed by atoms with E-state index in [9.17, 15) is 9.59 Å². The van der Waals surface area contributed by atoms with Gasteiger partial charge < -0.3 is 9.47 Å². The minimum absolute atomic E-state index is 0.0119. The monoisotopic (exact) mass is 354 g/mol. The quantitative estimate of drug-likeness (QED) is 0.578. The van der Waals surface area contributed by atoms with Gasteiger partial charge in [0, 0.05) is 19.3 Å². The van der Waals surface area contributed by atoms with Gasteiger partial charge in [-0.15, -0.1) is 0 Å². The van der Waals surface area contributed by atoms with Crippen LogP contribution < -0.4 is 4.74 Å². The Hall–Kier alpha value is -2.10. The summed E-state index contributed by atoms with van der Waals surface area (Å²) in [5.41, 5.74) is 2.72. The number of aryl methyl sites for hydroxylation is 1. The number of hydrogen-bond acceptors (Lipinski definition) is 4. The average molecular weight is 354 g/mol. The Bertz CT molecular complexity index is 793. The van der Waals surface area contributed by atoms with Crippen molar-refractivity contribution in [3.8, 4) is 5.75 Å². The fourth-order valence-electron chi connectivity index (χ4n) is 5.63. The number of benzene rings is 1. The lowest BCUT2D eigenvalue weighted by Crippen LogP contribution is -2.41. The zero-order valence-corrected chi connectivity index (χ0v) is 15.7. The molecule has 4 atom stereocenters. The van der Waals surface area contributed by atoms with Crippen LogP contribution in [0.2, 0.25) is 0 Å². The first kappa shape index (κ1) is 17.3. The zero-order valence-electron chi connectivity index (χ0n) is 15.7. The fourth-order valence-corrected chi connectivity index (χ4v) is 5.63. The van der Waals surface area contributed by atoms with E-state index in [-0.39, 0.29) is 17.4 Å². The van der Waals surface area contributed by atoms with Gasteiger partial charge >= 0.3 is 11.9 Å². The van der Waals surface area contributed by atoms with Gasteiger partial charge in [0.15, 0.2) is 0 Å². The van der Waals surface area contributed by atoms with Crippen molar-refractivity contribution in [3.63, 3.8) is 0 Å².